The van der Waals surface area contributed by atoms with E-state index in [9.17, 15) is 4.79 Å². The van der Waals surface area contributed by atoms with Crippen molar-refractivity contribution in [3.8, 4) is 5.95 Å². The molecule has 2 aromatic rings. The number of ether oxygens (including phenoxy) is 1. The van der Waals surface area contributed by atoms with E-state index in [2.05, 4.69) is 29.5 Å². The summed E-state index contributed by atoms with van der Waals surface area (Å²) in [5.41, 5.74) is 0. The first-order valence-corrected chi connectivity index (χ1v) is 4.17. The van der Waals surface area contributed by atoms with Gasteiger partial charge in [-0.05, 0) is 12.1 Å². The quantitative estimate of drug-likeness (QED) is 0.647. The first kappa shape index (κ1) is 9.31. The maximum absolute atomic E-state index is 11.2. The molecule has 8 nitrogen and oxygen atoms in total. The third kappa shape index (κ3) is 1.82. The second-order valence-electron chi connectivity index (χ2n) is 2.46. The van der Waals surface area contributed by atoms with Gasteiger partial charge in [0.2, 0.25) is 0 Å². The van der Waals surface area contributed by atoms with Gasteiger partial charge in [0.15, 0.2) is 0 Å². The molecular weight excluding hydrogens is 202 g/mol. The summed E-state index contributed by atoms with van der Waals surface area (Å²) in [4.78, 5) is 18.6. The largest absolute Gasteiger partial charge is 0.459 e. The van der Waals surface area contributed by atoms with Crippen molar-refractivity contribution in [1.29, 1.82) is 0 Å². The van der Waals surface area contributed by atoms with Crippen LogP contribution in [0.15, 0.2) is 17.2 Å². The zero-order valence-electron chi connectivity index (χ0n) is 7.82. The average Bonchev–Trinajstić information content (AvgIpc) is 2.89. The highest BCUT2D eigenvalue weighted by Crippen LogP contribution is 2.02. The van der Waals surface area contributed by atoms with Gasteiger partial charge >= 0.3 is 11.9 Å². The van der Waals surface area contributed by atoms with E-state index in [-0.39, 0.29) is 18.4 Å². The number of hydrogen-bond donors (Lipinski definition) is 0. The van der Waals surface area contributed by atoms with E-state index in [1.807, 2.05) is 0 Å². The normalized spacial score (nSPS) is 10.2. The van der Waals surface area contributed by atoms with Crippen LogP contribution >= 0.6 is 0 Å². The molecule has 0 aliphatic heterocycles. The molecule has 78 valence electrons. The van der Waals surface area contributed by atoms with Crippen LogP contribution in [0, 0.1) is 0 Å². The molecule has 15 heavy (non-hydrogen) atoms. The van der Waals surface area contributed by atoms with E-state index >= 15 is 0 Å². The van der Waals surface area contributed by atoms with Crippen LogP contribution in [-0.2, 0) is 4.74 Å². The highest BCUT2D eigenvalue weighted by molar-refractivity contribution is 5.84. The average molecular weight is 209 g/mol. The molecule has 0 spiro atoms. The first-order valence-electron chi connectivity index (χ1n) is 4.17. The van der Waals surface area contributed by atoms with Crippen LogP contribution in [-0.4, -0.2) is 37.5 Å². The highest BCUT2D eigenvalue weighted by atomic mass is 16.6. The molecule has 2 aromatic heterocycles. The third-order valence-corrected chi connectivity index (χ3v) is 1.49. The lowest BCUT2D eigenvalue weighted by Crippen LogP contribution is -2.05. The Hall–Kier alpha value is -2.25. The number of hydrogen-bond acceptors (Lipinski definition) is 7. The van der Waals surface area contributed by atoms with Gasteiger partial charge in [-0.3, -0.25) is 0 Å². The minimum absolute atomic E-state index is 0.135. The molecule has 0 unspecified atom stereocenters. The Morgan fingerprint density at radius 2 is 2.53 bits per heavy atom. The fourth-order valence-electron chi connectivity index (χ4n) is 0.896. The Labute approximate surface area is 83.9 Å². The van der Waals surface area contributed by atoms with Crippen LogP contribution in [0.1, 0.15) is 17.6 Å². The number of rotatable bonds is 3. The Balaban J connectivity index is 2.21. The zero-order valence-corrected chi connectivity index (χ0v) is 7.82. The van der Waals surface area contributed by atoms with E-state index in [0.29, 0.717) is 0 Å². The van der Waals surface area contributed by atoms with E-state index in [4.69, 9.17) is 0 Å². The summed E-state index contributed by atoms with van der Waals surface area (Å²) < 4.78 is 10.6. The maximum Gasteiger partial charge on any atom is 0.397 e. The van der Waals surface area contributed by atoms with Gasteiger partial charge in [0, 0.05) is 0 Å². The van der Waals surface area contributed by atoms with Gasteiger partial charge in [0.1, 0.15) is 12.7 Å². The van der Waals surface area contributed by atoms with Gasteiger partial charge < -0.3 is 9.26 Å². The topological polar surface area (TPSA) is 95.9 Å². The van der Waals surface area contributed by atoms with Gasteiger partial charge in [0.05, 0.1) is 6.61 Å². The molecule has 0 N–H and O–H groups in total. The van der Waals surface area contributed by atoms with Crippen molar-refractivity contribution in [2.24, 2.45) is 0 Å². The highest BCUT2D eigenvalue weighted by Gasteiger charge is 2.16. The van der Waals surface area contributed by atoms with Crippen LogP contribution in [0.4, 0.5) is 0 Å². The van der Waals surface area contributed by atoms with Crippen molar-refractivity contribution < 1.29 is 14.1 Å². The first-order chi connectivity index (χ1) is 7.31. The van der Waals surface area contributed by atoms with Crippen LogP contribution in [0.2, 0.25) is 0 Å². The summed E-state index contributed by atoms with van der Waals surface area (Å²) in [6.45, 7) is 1.94. The van der Waals surface area contributed by atoms with Crippen molar-refractivity contribution in [2.75, 3.05) is 6.61 Å². The van der Waals surface area contributed by atoms with E-state index in [0.717, 1.165) is 0 Å². The molecule has 0 saturated carbocycles. The lowest BCUT2D eigenvalue weighted by molar-refractivity contribution is 0.0470. The van der Waals surface area contributed by atoms with Crippen LogP contribution in [0.3, 0.4) is 0 Å². The van der Waals surface area contributed by atoms with Gasteiger partial charge in [-0.25, -0.2) is 9.78 Å². The third-order valence-electron chi connectivity index (χ3n) is 1.49. The van der Waals surface area contributed by atoms with Crippen molar-refractivity contribution in [3.05, 3.63) is 18.5 Å². The van der Waals surface area contributed by atoms with E-state index in [1.165, 1.54) is 17.3 Å². The van der Waals surface area contributed by atoms with E-state index < -0.39 is 5.97 Å². The van der Waals surface area contributed by atoms with Crippen LogP contribution < -0.4 is 0 Å². The van der Waals surface area contributed by atoms with Crippen LogP contribution in [0.25, 0.3) is 5.95 Å². The number of esters is 1. The van der Waals surface area contributed by atoms with Gasteiger partial charge in [-0.15, -0.1) is 0 Å². The fourth-order valence-corrected chi connectivity index (χ4v) is 0.896. The van der Waals surface area contributed by atoms with Crippen LogP contribution in [0.5, 0.6) is 0 Å². The molecule has 0 bridgehead atoms. The second kappa shape index (κ2) is 3.86. The minimum Gasteiger partial charge on any atom is -0.459 e. The smallest absolute Gasteiger partial charge is 0.397 e. The van der Waals surface area contributed by atoms with Crippen molar-refractivity contribution >= 4 is 5.97 Å². The molecule has 2 heterocycles. The Morgan fingerprint density at radius 3 is 3.20 bits per heavy atom. The molecule has 0 radical (unpaired) electrons. The summed E-state index contributed by atoms with van der Waals surface area (Å²) in [5.74, 6) is -0.728. The van der Waals surface area contributed by atoms with Gasteiger partial charge in [0.25, 0.3) is 5.95 Å². The van der Waals surface area contributed by atoms with Crippen molar-refractivity contribution in [1.82, 2.24) is 24.9 Å². The minimum atomic E-state index is -0.656. The Morgan fingerprint density at radius 1 is 1.67 bits per heavy atom. The summed E-state index contributed by atoms with van der Waals surface area (Å²) in [5, 5.41) is 7.31. The molecular formula is C7H7N5O3. The predicted octanol–water partition coefficient (Wildman–Crippen LogP) is -0.173. The summed E-state index contributed by atoms with van der Waals surface area (Å²) in [7, 11) is 0. The van der Waals surface area contributed by atoms with Crippen molar-refractivity contribution in [2.45, 2.75) is 6.92 Å². The monoisotopic (exact) mass is 209 g/mol. The number of aromatic nitrogens is 5. The van der Waals surface area contributed by atoms with Gasteiger partial charge in [-0.1, -0.05) is 0 Å². The number of carbonyl (C=O) groups is 1. The lowest BCUT2D eigenvalue weighted by Gasteiger charge is -1.93. The Bertz CT molecular complexity index is 449. The molecule has 0 saturated heterocycles. The summed E-state index contributed by atoms with van der Waals surface area (Å²) >= 11 is 0. The maximum atomic E-state index is 11.2. The molecule has 0 fully saturated rings. The second-order valence-corrected chi connectivity index (χ2v) is 2.46. The summed E-state index contributed by atoms with van der Waals surface area (Å²) in [6, 6.07) is 0. The Kier molecular flexibility index (Phi) is 2.40. The molecule has 0 aliphatic rings. The molecule has 8 heteroatoms. The molecule has 0 aliphatic carbocycles. The fraction of sp³-hybridized carbons (Fsp3) is 0.286. The predicted molar refractivity (Wildman–Crippen MR) is 45.2 cm³/mol. The molecule has 0 atom stereocenters. The summed E-state index contributed by atoms with van der Waals surface area (Å²) in [6.07, 6.45) is 2.71. The van der Waals surface area contributed by atoms with Crippen molar-refractivity contribution in [3.63, 3.8) is 0 Å². The zero-order chi connectivity index (χ0) is 10.7. The number of nitrogens with zero attached hydrogens (tertiary/aromatic N) is 5. The lowest BCUT2D eigenvalue weighted by atomic mass is 10.6. The molecule has 0 amide bonds. The van der Waals surface area contributed by atoms with Gasteiger partial charge in [-0.2, -0.15) is 14.8 Å². The molecule has 2 rings (SSSR count). The number of carbonyl (C=O) groups excluding carboxylic acids is 1. The van der Waals surface area contributed by atoms with E-state index in [1.54, 1.807) is 6.92 Å². The standard InChI is InChI=1S/C7H7N5O3/c1-2-14-6(13)5-10-7(11-15-5)12-4-8-3-9-12/h3-4H,2H2,1H3. The SMILES string of the molecule is CCOC(=O)c1nc(-n2cncn2)no1. The molecule has 0 aromatic carbocycles.